The third-order valence-electron chi connectivity index (χ3n) is 10.2. The van der Waals surface area contributed by atoms with Crippen LogP contribution < -0.4 is 0 Å². The monoisotopic (exact) mass is 582 g/mol. The predicted molar refractivity (Wildman–Crippen MR) is 153 cm³/mol. The lowest BCUT2D eigenvalue weighted by Gasteiger charge is -2.63. The van der Waals surface area contributed by atoms with E-state index >= 15 is 0 Å². The van der Waals surface area contributed by atoms with Crippen molar-refractivity contribution >= 4 is 11.9 Å². The van der Waals surface area contributed by atoms with Crippen LogP contribution in [0.2, 0.25) is 0 Å². The maximum Gasteiger partial charge on any atom is 0.338 e. The molecule has 1 heterocycles. The van der Waals surface area contributed by atoms with Gasteiger partial charge >= 0.3 is 11.9 Å². The Bertz CT molecular complexity index is 1320. The molecule has 2 fully saturated rings. The molecule has 42 heavy (non-hydrogen) atoms. The number of aliphatic hydroxyl groups is 2. The van der Waals surface area contributed by atoms with Crippen LogP contribution in [0.3, 0.4) is 0 Å². The van der Waals surface area contributed by atoms with Gasteiger partial charge < -0.3 is 33.9 Å². The van der Waals surface area contributed by atoms with Gasteiger partial charge in [-0.15, -0.1) is 0 Å². The van der Waals surface area contributed by atoms with Crippen LogP contribution in [0.4, 0.5) is 0 Å². The second-order valence-corrected chi connectivity index (χ2v) is 12.9. The second-order valence-electron chi connectivity index (χ2n) is 12.9. The Morgan fingerprint density at radius 2 is 1.79 bits per heavy atom. The zero-order chi connectivity index (χ0) is 30.8. The van der Waals surface area contributed by atoms with E-state index in [1.54, 1.807) is 43.3 Å². The van der Waals surface area contributed by atoms with Gasteiger partial charge in [-0.25, -0.2) is 4.79 Å². The van der Waals surface area contributed by atoms with Crippen molar-refractivity contribution in [3.05, 3.63) is 71.8 Å². The summed E-state index contributed by atoms with van der Waals surface area (Å²) in [6.45, 7) is 14.4. The molecule has 4 aliphatic rings. The van der Waals surface area contributed by atoms with Crippen molar-refractivity contribution in [2.75, 3.05) is 7.11 Å². The first kappa shape index (κ1) is 30.6. The summed E-state index contributed by atoms with van der Waals surface area (Å²) in [5.41, 5.74) is -3.79. The topological polar surface area (TPSA) is 121 Å². The Hall–Kier alpha value is -2.82. The first-order valence-corrected chi connectivity index (χ1v) is 14.4. The Kier molecular flexibility index (Phi) is 7.60. The van der Waals surface area contributed by atoms with Crippen molar-refractivity contribution in [1.29, 1.82) is 0 Å². The van der Waals surface area contributed by atoms with E-state index in [0.717, 1.165) is 0 Å². The number of hydrogen-bond acceptors (Lipinski definition) is 9. The van der Waals surface area contributed by atoms with Gasteiger partial charge in [0.1, 0.15) is 35.6 Å². The number of benzene rings is 1. The van der Waals surface area contributed by atoms with Crippen LogP contribution >= 0.6 is 0 Å². The maximum atomic E-state index is 13.8. The lowest BCUT2D eigenvalue weighted by Crippen LogP contribution is -2.74. The highest BCUT2D eigenvalue weighted by Crippen LogP contribution is 2.63. The van der Waals surface area contributed by atoms with Gasteiger partial charge in [0.25, 0.3) is 0 Å². The summed E-state index contributed by atoms with van der Waals surface area (Å²) in [7, 11) is 1.51. The molecule has 9 heteroatoms. The maximum absolute atomic E-state index is 13.8. The molecule has 1 aromatic rings. The molecule has 1 aliphatic heterocycles. The predicted octanol–water partition coefficient (Wildman–Crippen LogP) is 3.89. The molecule has 5 rings (SSSR count). The van der Waals surface area contributed by atoms with Gasteiger partial charge in [0.2, 0.25) is 0 Å². The summed E-state index contributed by atoms with van der Waals surface area (Å²) in [6.07, 6.45) is -0.139. The summed E-state index contributed by atoms with van der Waals surface area (Å²) < 4.78 is 31.3. The number of fused-ring (bicyclic) bond motifs is 6. The zero-order valence-electron chi connectivity index (χ0n) is 25.3. The fourth-order valence-electron chi connectivity index (χ4n) is 8.15. The molecular weight excluding hydrogens is 540 g/mol. The van der Waals surface area contributed by atoms with E-state index in [2.05, 4.69) is 6.58 Å². The van der Waals surface area contributed by atoms with E-state index in [9.17, 15) is 19.8 Å². The number of aliphatic hydroxyl groups excluding tert-OH is 1. The molecule has 2 bridgehead atoms. The Labute approximate surface area is 247 Å². The molecule has 2 N–H and O–H groups in total. The summed E-state index contributed by atoms with van der Waals surface area (Å²) in [6, 6.07) is 8.51. The molecule has 1 saturated heterocycles. The van der Waals surface area contributed by atoms with E-state index in [4.69, 9.17) is 23.7 Å². The van der Waals surface area contributed by atoms with E-state index in [0.29, 0.717) is 16.7 Å². The minimum atomic E-state index is -1.84. The lowest BCUT2D eigenvalue weighted by molar-refractivity contribution is -0.259. The van der Waals surface area contributed by atoms with Gasteiger partial charge in [0, 0.05) is 31.3 Å². The number of carbonyl (C=O) groups is 2. The van der Waals surface area contributed by atoms with Crippen molar-refractivity contribution in [3.63, 3.8) is 0 Å². The first-order valence-electron chi connectivity index (χ1n) is 14.4. The second kappa shape index (κ2) is 10.4. The van der Waals surface area contributed by atoms with Crippen molar-refractivity contribution in [2.24, 2.45) is 16.7 Å². The SMILES string of the molecule is C=C[C@@H]1O[C@@H]2C3=C(C)[C@@H](O)C[C@@](O)([C@@H](OC(=O)c4ccccc4)[C@H]4[C@@](C)(C=C[C@@H](OC)[C@]4(C)OC(C)=O)[C@@H]2O1)C3(C)C. The quantitative estimate of drug-likeness (QED) is 0.394. The van der Waals surface area contributed by atoms with Gasteiger partial charge in [0.15, 0.2) is 6.29 Å². The largest absolute Gasteiger partial charge is 0.456 e. The normalized spacial score (nSPS) is 42.1. The molecule has 9 nitrogen and oxygen atoms in total. The minimum absolute atomic E-state index is 0.130. The minimum Gasteiger partial charge on any atom is -0.456 e. The van der Waals surface area contributed by atoms with Crippen LogP contribution in [-0.4, -0.2) is 77.3 Å². The van der Waals surface area contributed by atoms with E-state index < -0.39 is 76.7 Å². The molecule has 1 aromatic carbocycles. The number of carbonyl (C=O) groups excluding carboxylic acids is 2. The van der Waals surface area contributed by atoms with Gasteiger partial charge in [-0.3, -0.25) is 4.79 Å². The molecule has 3 aliphatic carbocycles. The van der Waals surface area contributed by atoms with Crippen molar-refractivity contribution in [1.82, 2.24) is 0 Å². The van der Waals surface area contributed by atoms with Crippen LogP contribution in [0.25, 0.3) is 0 Å². The molecule has 0 unspecified atom stereocenters. The summed E-state index contributed by atoms with van der Waals surface area (Å²) in [5.74, 6) is -2.15. The molecule has 0 spiro atoms. The van der Waals surface area contributed by atoms with Gasteiger partial charge in [0.05, 0.1) is 17.6 Å². The molecule has 10 atom stereocenters. The van der Waals surface area contributed by atoms with Crippen LogP contribution in [0.5, 0.6) is 0 Å². The standard InChI is InChI=1S/C33H42O9/c1-9-23-39-25-24-18(2)21(35)17-33(37,30(24,4)5)28(41-29(36)20-13-11-10-12-14-20)26-31(6,27(25)40-23)16-15-22(38-8)32(26,7)42-19(3)34/h9-16,21-23,25-28,35,37H,1,17H2,2-8H3/t21-,22+,23+,25+,26-,27+,28-,31+,32-,33+/m0/s1. The van der Waals surface area contributed by atoms with E-state index in [-0.39, 0.29) is 6.42 Å². The fourth-order valence-corrected chi connectivity index (χ4v) is 8.15. The molecule has 228 valence electrons. The van der Waals surface area contributed by atoms with Crippen LogP contribution in [-0.2, 0) is 28.5 Å². The van der Waals surface area contributed by atoms with Crippen molar-refractivity contribution < 1.29 is 43.5 Å². The van der Waals surface area contributed by atoms with E-state index in [1.807, 2.05) is 39.8 Å². The fraction of sp³-hybridized carbons (Fsp3) is 0.576. The van der Waals surface area contributed by atoms with Gasteiger partial charge in [-0.1, -0.05) is 57.7 Å². The Morgan fingerprint density at radius 3 is 2.38 bits per heavy atom. The number of esters is 2. The van der Waals surface area contributed by atoms with E-state index in [1.165, 1.54) is 14.0 Å². The number of hydrogen-bond donors (Lipinski definition) is 2. The number of rotatable bonds is 5. The van der Waals surface area contributed by atoms with Gasteiger partial charge in [-0.2, -0.15) is 0 Å². The average molecular weight is 583 g/mol. The molecule has 0 aromatic heterocycles. The number of methoxy groups -OCH3 is 1. The average Bonchev–Trinajstić information content (AvgIpc) is 3.35. The molecular formula is C33H42O9. The molecule has 1 saturated carbocycles. The van der Waals surface area contributed by atoms with Crippen LogP contribution in [0, 0.1) is 16.7 Å². The van der Waals surface area contributed by atoms with Gasteiger partial charge in [-0.05, 0) is 43.2 Å². The highest BCUT2D eigenvalue weighted by Gasteiger charge is 2.73. The highest BCUT2D eigenvalue weighted by molar-refractivity contribution is 5.89. The molecule has 0 amide bonds. The third kappa shape index (κ3) is 4.32. The zero-order valence-corrected chi connectivity index (χ0v) is 25.3. The number of ether oxygens (including phenoxy) is 5. The first-order chi connectivity index (χ1) is 19.7. The molecule has 0 radical (unpaired) electrons. The Balaban J connectivity index is 1.84. The third-order valence-corrected chi connectivity index (χ3v) is 10.2. The Morgan fingerprint density at radius 1 is 1.12 bits per heavy atom. The summed E-state index contributed by atoms with van der Waals surface area (Å²) in [4.78, 5) is 26.5. The lowest BCUT2D eigenvalue weighted by atomic mass is 9.47. The highest BCUT2D eigenvalue weighted by atomic mass is 16.7. The smallest absolute Gasteiger partial charge is 0.338 e. The van der Waals surface area contributed by atoms with Crippen molar-refractivity contribution in [3.8, 4) is 0 Å². The van der Waals surface area contributed by atoms with Crippen LogP contribution in [0.15, 0.2) is 66.3 Å². The van der Waals surface area contributed by atoms with Crippen molar-refractivity contribution in [2.45, 2.75) is 96.0 Å². The van der Waals surface area contributed by atoms with Crippen LogP contribution in [0.1, 0.15) is 58.3 Å². The summed E-state index contributed by atoms with van der Waals surface area (Å²) in [5, 5.41) is 24.5. The summed E-state index contributed by atoms with van der Waals surface area (Å²) >= 11 is 0.